The molecule has 0 spiro atoms. The van der Waals surface area contributed by atoms with Gasteiger partial charge in [0, 0.05) is 43.1 Å². The van der Waals surface area contributed by atoms with Crippen LogP contribution in [0.1, 0.15) is 26.3 Å². The number of hydrogen-bond acceptors (Lipinski definition) is 0. The van der Waals surface area contributed by atoms with E-state index in [1.54, 1.807) is 0 Å². The molecule has 0 aliphatic rings. The molecule has 0 unspecified atom stereocenters. The molecule has 9 rings (SSSR count). The summed E-state index contributed by atoms with van der Waals surface area (Å²) < 4.78 is 5.07. The highest BCUT2D eigenvalue weighted by atomic mass is 14.9. The lowest BCUT2D eigenvalue weighted by Crippen LogP contribution is -2.11. The minimum atomic E-state index is 0.0318. The number of rotatable bonds is 0. The van der Waals surface area contributed by atoms with Crippen molar-refractivity contribution >= 4 is 76.2 Å². The Morgan fingerprint density at radius 3 is 1.36 bits per heavy atom. The standard InChI is InChI=1S/C34H24N2/c1-34(2,3)22-14-10-18-26-30(22)31-29-21-13-6-8-16-24(21)35-23-15-7-4-11-19(23)27(32(29)35)28-20-12-5-9-17-25(20)36(26)33(28)31/h4-18H,1-3H3. The topological polar surface area (TPSA) is 8.82 Å². The highest BCUT2D eigenvalue weighted by molar-refractivity contribution is 6.45. The van der Waals surface area contributed by atoms with Crippen LogP contribution >= 0.6 is 0 Å². The molecular weight excluding hydrogens is 436 g/mol. The summed E-state index contributed by atoms with van der Waals surface area (Å²) in [5.41, 5.74) is 9.36. The van der Waals surface area contributed by atoms with Gasteiger partial charge in [0.1, 0.15) is 0 Å². The molecule has 5 aromatic carbocycles. The molecule has 0 aliphatic carbocycles. The van der Waals surface area contributed by atoms with Crippen molar-refractivity contribution in [3.8, 4) is 0 Å². The van der Waals surface area contributed by atoms with Gasteiger partial charge >= 0.3 is 0 Å². The number of hydrogen-bond donors (Lipinski definition) is 0. The highest BCUT2D eigenvalue weighted by Crippen LogP contribution is 2.52. The van der Waals surface area contributed by atoms with Crippen LogP contribution < -0.4 is 0 Å². The van der Waals surface area contributed by atoms with E-state index < -0.39 is 0 Å². The fraction of sp³-hybridized carbons (Fsp3) is 0.118. The summed E-state index contributed by atoms with van der Waals surface area (Å²) in [5.74, 6) is 0. The first kappa shape index (κ1) is 19.0. The summed E-state index contributed by atoms with van der Waals surface area (Å²) in [7, 11) is 0. The molecule has 9 aromatic rings. The average Bonchev–Trinajstić information content (AvgIpc) is 3.60. The van der Waals surface area contributed by atoms with Gasteiger partial charge in [-0.05, 0) is 35.2 Å². The van der Waals surface area contributed by atoms with Crippen LogP contribution in [0.5, 0.6) is 0 Å². The van der Waals surface area contributed by atoms with Crippen molar-refractivity contribution in [2.24, 2.45) is 0 Å². The zero-order valence-electron chi connectivity index (χ0n) is 20.6. The second kappa shape index (κ2) is 5.91. The van der Waals surface area contributed by atoms with E-state index in [9.17, 15) is 0 Å². The second-order valence-electron chi connectivity index (χ2n) is 11.4. The molecule has 4 heterocycles. The van der Waals surface area contributed by atoms with Crippen LogP contribution in [0.2, 0.25) is 0 Å². The third-order valence-electron chi connectivity index (χ3n) is 8.48. The van der Waals surface area contributed by atoms with Crippen molar-refractivity contribution in [2.45, 2.75) is 26.2 Å². The summed E-state index contributed by atoms with van der Waals surface area (Å²) in [5, 5.41) is 11.0. The first-order chi connectivity index (χ1) is 17.6. The maximum Gasteiger partial charge on any atom is 0.0634 e. The van der Waals surface area contributed by atoms with Crippen LogP contribution in [0.3, 0.4) is 0 Å². The van der Waals surface area contributed by atoms with E-state index >= 15 is 0 Å². The molecule has 0 atom stereocenters. The van der Waals surface area contributed by atoms with Crippen LogP contribution in [0.4, 0.5) is 0 Å². The summed E-state index contributed by atoms with van der Waals surface area (Å²) in [6.45, 7) is 7.02. The van der Waals surface area contributed by atoms with Gasteiger partial charge in [0.15, 0.2) is 0 Å². The molecular formula is C34H24N2. The van der Waals surface area contributed by atoms with Gasteiger partial charge in [-0.3, -0.25) is 0 Å². The van der Waals surface area contributed by atoms with Crippen LogP contribution in [0.25, 0.3) is 76.2 Å². The molecule has 170 valence electrons. The molecule has 2 nitrogen and oxygen atoms in total. The van der Waals surface area contributed by atoms with E-state index in [1.807, 2.05) is 0 Å². The fourth-order valence-corrected chi connectivity index (χ4v) is 7.20. The first-order valence-electron chi connectivity index (χ1n) is 12.8. The van der Waals surface area contributed by atoms with Gasteiger partial charge in [-0.1, -0.05) is 87.5 Å². The third-order valence-corrected chi connectivity index (χ3v) is 8.48. The van der Waals surface area contributed by atoms with Crippen LogP contribution in [-0.4, -0.2) is 8.80 Å². The van der Waals surface area contributed by atoms with E-state index in [0.717, 1.165) is 0 Å². The Morgan fingerprint density at radius 2 is 0.833 bits per heavy atom. The number of benzene rings is 5. The first-order valence-corrected chi connectivity index (χ1v) is 12.8. The number of aromatic nitrogens is 2. The molecule has 0 amide bonds. The van der Waals surface area contributed by atoms with Crippen molar-refractivity contribution in [3.63, 3.8) is 0 Å². The molecule has 2 heteroatoms. The summed E-state index contributed by atoms with van der Waals surface area (Å²) in [6.07, 6.45) is 0. The maximum absolute atomic E-state index is 2.55. The predicted molar refractivity (Wildman–Crippen MR) is 154 cm³/mol. The van der Waals surface area contributed by atoms with E-state index in [4.69, 9.17) is 0 Å². The van der Waals surface area contributed by atoms with Gasteiger partial charge in [-0.25, -0.2) is 0 Å². The minimum Gasteiger partial charge on any atom is -0.308 e. The molecule has 0 fully saturated rings. The van der Waals surface area contributed by atoms with Gasteiger partial charge in [-0.2, -0.15) is 0 Å². The number of para-hydroxylation sites is 3. The zero-order valence-corrected chi connectivity index (χ0v) is 20.6. The van der Waals surface area contributed by atoms with Crippen molar-refractivity contribution in [3.05, 3.63) is 96.6 Å². The average molecular weight is 461 g/mol. The SMILES string of the molecule is CC(C)(C)c1cccc2c1c1c3c4ccccc4n4c5ccccc5c(c5c6ccccc6n2c51)c34. The lowest BCUT2D eigenvalue weighted by Gasteiger charge is -2.20. The van der Waals surface area contributed by atoms with Gasteiger partial charge in [-0.15, -0.1) is 0 Å². The Balaban J connectivity index is 1.81. The van der Waals surface area contributed by atoms with E-state index in [-0.39, 0.29) is 5.41 Å². The van der Waals surface area contributed by atoms with Crippen molar-refractivity contribution in [1.29, 1.82) is 0 Å². The van der Waals surface area contributed by atoms with Gasteiger partial charge in [0.25, 0.3) is 0 Å². The molecule has 0 bridgehead atoms. The fourth-order valence-electron chi connectivity index (χ4n) is 7.20. The molecule has 0 aliphatic heterocycles. The molecule has 0 radical (unpaired) electrons. The minimum absolute atomic E-state index is 0.0318. The Kier molecular flexibility index (Phi) is 3.11. The normalized spacial score (nSPS) is 13.4. The highest BCUT2D eigenvalue weighted by Gasteiger charge is 2.30. The summed E-state index contributed by atoms with van der Waals surface area (Å²) in [6, 6.07) is 33.8. The maximum atomic E-state index is 2.55. The van der Waals surface area contributed by atoms with Crippen molar-refractivity contribution in [1.82, 2.24) is 8.80 Å². The molecule has 0 saturated heterocycles. The van der Waals surface area contributed by atoms with Crippen LogP contribution in [0, 0.1) is 0 Å². The van der Waals surface area contributed by atoms with Crippen LogP contribution in [0.15, 0.2) is 91.0 Å². The monoisotopic (exact) mass is 460 g/mol. The molecule has 4 aromatic heterocycles. The van der Waals surface area contributed by atoms with E-state index in [1.165, 1.54) is 81.8 Å². The smallest absolute Gasteiger partial charge is 0.0634 e. The van der Waals surface area contributed by atoms with Crippen molar-refractivity contribution < 1.29 is 0 Å². The molecule has 0 N–H and O–H groups in total. The predicted octanol–water partition coefficient (Wildman–Crippen LogP) is 9.28. The van der Waals surface area contributed by atoms with Gasteiger partial charge in [0.2, 0.25) is 0 Å². The lowest BCUT2D eigenvalue weighted by atomic mass is 9.83. The third kappa shape index (κ3) is 1.93. The van der Waals surface area contributed by atoms with Crippen LogP contribution in [-0.2, 0) is 5.41 Å². The lowest BCUT2D eigenvalue weighted by molar-refractivity contribution is 0.596. The summed E-state index contributed by atoms with van der Waals surface area (Å²) in [4.78, 5) is 0. The Morgan fingerprint density at radius 1 is 0.417 bits per heavy atom. The number of nitrogens with zero attached hydrogens (tertiary/aromatic N) is 2. The Bertz CT molecular complexity index is 2340. The Labute approximate surface area is 207 Å². The molecule has 0 saturated carbocycles. The second-order valence-corrected chi connectivity index (χ2v) is 11.4. The molecule has 36 heavy (non-hydrogen) atoms. The van der Waals surface area contributed by atoms with Gasteiger partial charge < -0.3 is 8.80 Å². The van der Waals surface area contributed by atoms with E-state index in [0.29, 0.717) is 0 Å². The summed E-state index contributed by atoms with van der Waals surface area (Å²) >= 11 is 0. The quantitative estimate of drug-likeness (QED) is 0.213. The largest absolute Gasteiger partial charge is 0.308 e. The van der Waals surface area contributed by atoms with Crippen molar-refractivity contribution in [2.75, 3.05) is 0 Å². The zero-order chi connectivity index (χ0) is 23.9. The van der Waals surface area contributed by atoms with E-state index in [2.05, 4.69) is 121 Å². The number of fused-ring (bicyclic) bond motifs is 14. The Hall–Kier alpha value is -4.30. The van der Waals surface area contributed by atoms with Gasteiger partial charge in [0.05, 0.1) is 33.1 Å².